The van der Waals surface area contributed by atoms with Crippen LogP contribution in [0.25, 0.3) is 0 Å². The van der Waals surface area contributed by atoms with Crippen LogP contribution < -0.4 is 5.32 Å². The molecule has 0 spiro atoms. The normalized spacial score (nSPS) is 10.6. The van der Waals surface area contributed by atoms with Gasteiger partial charge in [-0.15, -0.1) is 0 Å². The van der Waals surface area contributed by atoms with Crippen LogP contribution in [0.2, 0.25) is 0 Å². The summed E-state index contributed by atoms with van der Waals surface area (Å²) in [4.78, 5) is 11.0. The third-order valence-electron chi connectivity index (χ3n) is 2.42. The summed E-state index contributed by atoms with van der Waals surface area (Å²) in [6.45, 7) is 10.3. The molecule has 22 heavy (non-hydrogen) atoms. The Morgan fingerprint density at radius 3 is 1.64 bits per heavy atom. The van der Waals surface area contributed by atoms with Gasteiger partial charge in [0.1, 0.15) is 6.61 Å². The van der Waals surface area contributed by atoms with Gasteiger partial charge in [0, 0.05) is 12.1 Å². The number of ether oxygens (including phenoxy) is 5. The highest BCUT2D eigenvalue weighted by molar-refractivity contribution is 5.86. The van der Waals surface area contributed by atoms with Crippen molar-refractivity contribution in [2.45, 2.75) is 6.92 Å². The molecule has 0 aromatic rings. The first-order valence-electron chi connectivity index (χ1n) is 7.46. The lowest BCUT2D eigenvalue weighted by Gasteiger charge is -2.08. The molecule has 0 aromatic heterocycles. The molecule has 0 amide bonds. The molecule has 0 bridgehead atoms. The van der Waals surface area contributed by atoms with Crippen LogP contribution in [-0.2, 0) is 28.5 Å². The third-order valence-corrected chi connectivity index (χ3v) is 2.42. The maximum Gasteiger partial charge on any atom is 0.333 e. The molecule has 7 heteroatoms. The number of hydrogen-bond acceptors (Lipinski definition) is 7. The molecule has 0 rings (SSSR count). The molecule has 0 atom stereocenters. The molecule has 0 saturated heterocycles. The number of likely N-dealkylation sites (N-methyl/N-ethyl adjacent to an activating group) is 1. The Morgan fingerprint density at radius 2 is 1.23 bits per heavy atom. The molecule has 0 heterocycles. The lowest BCUT2D eigenvalue weighted by atomic mass is 10.4. The standard InChI is InChI=1S/C15H29NO6/c1-14(2)15(17)22-13-12-21-11-10-20-9-8-19-7-6-18-5-4-16-3/h16H,1,4-13H2,2-3H3. The smallest absolute Gasteiger partial charge is 0.333 e. The SMILES string of the molecule is C=C(C)C(=O)OCCOCCOCCOCCOCCNC. The van der Waals surface area contributed by atoms with Gasteiger partial charge in [0.05, 0.1) is 52.9 Å². The van der Waals surface area contributed by atoms with Crippen LogP contribution in [0, 0.1) is 0 Å². The van der Waals surface area contributed by atoms with Crippen molar-refractivity contribution in [1.29, 1.82) is 0 Å². The summed E-state index contributed by atoms with van der Waals surface area (Å²) < 4.78 is 26.1. The van der Waals surface area contributed by atoms with Gasteiger partial charge in [0.25, 0.3) is 0 Å². The van der Waals surface area contributed by atoms with E-state index < -0.39 is 5.97 Å². The molecule has 7 nitrogen and oxygen atoms in total. The predicted octanol–water partition coefficient (Wildman–Crippen LogP) is 0.392. The average Bonchev–Trinajstić information content (AvgIpc) is 2.50. The molecule has 0 unspecified atom stereocenters. The molecule has 0 aliphatic heterocycles. The van der Waals surface area contributed by atoms with Crippen molar-refractivity contribution in [3.8, 4) is 0 Å². The van der Waals surface area contributed by atoms with Gasteiger partial charge in [-0.1, -0.05) is 6.58 Å². The van der Waals surface area contributed by atoms with E-state index in [1.165, 1.54) is 0 Å². The molecular formula is C15H29NO6. The Kier molecular flexibility index (Phi) is 15.6. The summed E-state index contributed by atoms with van der Waals surface area (Å²) in [5, 5.41) is 3.00. The lowest BCUT2D eigenvalue weighted by molar-refractivity contribution is -0.140. The Labute approximate surface area is 132 Å². The fraction of sp³-hybridized carbons (Fsp3) is 0.800. The van der Waals surface area contributed by atoms with Crippen molar-refractivity contribution in [2.24, 2.45) is 0 Å². The maximum atomic E-state index is 11.0. The average molecular weight is 319 g/mol. The van der Waals surface area contributed by atoms with E-state index in [2.05, 4.69) is 11.9 Å². The zero-order chi connectivity index (χ0) is 16.5. The number of esters is 1. The van der Waals surface area contributed by atoms with Gasteiger partial charge in [-0.2, -0.15) is 0 Å². The second kappa shape index (κ2) is 16.4. The molecule has 1 N–H and O–H groups in total. The van der Waals surface area contributed by atoms with Gasteiger partial charge in [-0.05, 0) is 14.0 Å². The summed E-state index contributed by atoms with van der Waals surface area (Å²) in [6, 6.07) is 0. The molecular weight excluding hydrogens is 290 g/mol. The van der Waals surface area contributed by atoms with E-state index in [9.17, 15) is 4.79 Å². The van der Waals surface area contributed by atoms with Crippen molar-refractivity contribution in [2.75, 3.05) is 73.1 Å². The predicted molar refractivity (Wildman–Crippen MR) is 83.0 cm³/mol. The number of nitrogens with one attached hydrogen (secondary N) is 1. The van der Waals surface area contributed by atoms with Gasteiger partial charge in [0.2, 0.25) is 0 Å². The second-order valence-electron chi connectivity index (χ2n) is 4.47. The summed E-state index contributed by atoms with van der Waals surface area (Å²) >= 11 is 0. The number of hydrogen-bond donors (Lipinski definition) is 1. The highest BCUT2D eigenvalue weighted by Crippen LogP contribution is 1.91. The van der Waals surface area contributed by atoms with Crippen LogP contribution in [-0.4, -0.2) is 79.0 Å². The molecule has 0 saturated carbocycles. The maximum absolute atomic E-state index is 11.0. The minimum absolute atomic E-state index is 0.225. The fourth-order valence-corrected chi connectivity index (χ4v) is 1.25. The Hall–Kier alpha value is -0.990. The van der Waals surface area contributed by atoms with Crippen molar-refractivity contribution in [3.05, 3.63) is 12.2 Å². The lowest BCUT2D eigenvalue weighted by Crippen LogP contribution is -2.17. The van der Waals surface area contributed by atoms with Gasteiger partial charge < -0.3 is 29.0 Å². The molecule has 0 radical (unpaired) electrons. The summed E-state index contributed by atoms with van der Waals surface area (Å²) in [5.74, 6) is -0.396. The highest BCUT2D eigenvalue weighted by Gasteiger charge is 2.01. The van der Waals surface area contributed by atoms with Crippen LogP contribution >= 0.6 is 0 Å². The highest BCUT2D eigenvalue weighted by atomic mass is 16.6. The van der Waals surface area contributed by atoms with Gasteiger partial charge in [0.15, 0.2) is 0 Å². The van der Waals surface area contributed by atoms with Crippen LogP contribution in [0.3, 0.4) is 0 Å². The van der Waals surface area contributed by atoms with E-state index in [4.69, 9.17) is 23.7 Å². The Bertz CT molecular complexity index is 285. The van der Waals surface area contributed by atoms with Crippen molar-refractivity contribution >= 4 is 5.97 Å². The second-order valence-corrected chi connectivity index (χ2v) is 4.47. The fourth-order valence-electron chi connectivity index (χ4n) is 1.25. The van der Waals surface area contributed by atoms with E-state index in [1.54, 1.807) is 6.92 Å². The van der Waals surface area contributed by atoms with Crippen LogP contribution in [0.5, 0.6) is 0 Å². The van der Waals surface area contributed by atoms with E-state index in [1.807, 2.05) is 7.05 Å². The molecule has 0 aliphatic rings. The molecule has 0 aliphatic carbocycles. The Balaban J connectivity index is 3.05. The minimum atomic E-state index is -0.396. The summed E-state index contributed by atoms with van der Waals surface area (Å²) in [7, 11) is 1.88. The van der Waals surface area contributed by atoms with Crippen LogP contribution in [0.1, 0.15) is 6.92 Å². The van der Waals surface area contributed by atoms with Crippen LogP contribution in [0.15, 0.2) is 12.2 Å². The van der Waals surface area contributed by atoms with Crippen molar-refractivity contribution in [1.82, 2.24) is 5.32 Å². The van der Waals surface area contributed by atoms with Gasteiger partial charge in [-0.25, -0.2) is 4.79 Å². The summed E-state index contributed by atoms with van der Waals surface area (Å²) in [6.07, 6.45) is 0. The first-order chi connectivity index (χ1) is 10.7. The zero-order valence-corrected chi connectivity index (χ0v) is 13.7. The van der Waals surface area contributed by atoms with Gasteiger partial charge >= 0.3 is 5.97 Å². The summed E-state index contributed by atoms with van der Waals surface area (Å²) in [5.41, 5.74) is 0.385. The van der Waals surface area contributed by atoms with E-state index in [0.717, 1.165) is 6.54 Å². The first kappa shape index (κ1) is 21.0. The largest absolute Gasteiger partial charge is 0.460 e. The Morgan fingerprint density at radius 1 is 0.818 bits per heavy atom. The number of carbonyl (C=O) groups excluding carboxylic acids is 1. The quantitative estimate of drug-likeness (QED) is 0.251. The van der Waals surface area contributed by atoms with E-state index in [-0.39, 0.29) is 6.61 Å². The topological polar surface area (TPSA) is 75.3 Å². The van der Waals surface area contributed by atoms with E-state index >= 15 is 0 Å². The minimum Gasteiger partial charge on any atom is -0.460 e. The zero-order valence-electron chi connectivity index (χ0n) is 13.7. The number of rotatable bonds is 16. The van der Waals surface area contributed by atoms with Crippen molar-refractivity contribution < 1.29 is 28.5 Å². The molecule has 130 valence electrons. The van der Waals surface area contributed by atoms with Crippen LogP contribution in [0.4, 0.5) is 0 Å². The molecule has 0 aromatic carbocycles. The number of carbonyl (C=O) groups is 1. The monoisotopic (exact) mass is 319 g/mol. The third kappa shape index (κ3) is 15.4. The van der Waals surface area contributed by atoms with Gasteiger partial charge in [-0.3, -0.25) is 0 Å². The van der Waals surface area contributed by atoms with Crippen molar-refractivity contribution in [3.63, 3.8) is 0 Å². The van der Waals surface area contributed by atoms with E-state index in [0.29, 0.717) is 58.4 Å². The molecule has 0 fully saturated rings. The first-order valence-corrected chi connectivity index (χ1v) is 7.46.